The Hall–Kier alpha value is -1.39. The van der Waals surface area contributed by atoms with E-state index < -0.39 is 0 Å². The first-order valence-electron chi connectivity index (χ1n) is 7.15. The number of likely N-dealkylation sites (N-methyl/N-ethyl adjacent to an activating group) is 1. The summed E-state index contributed by atoms with van der Waals surface area (Å²) in [5.41, 5.74) is 7.80. The summed E-state index contributed by atoms with van der Waals surface area (Å²) in [7, 11) is 0. The summed E-state index contributed by atoms with van der Waals surface area (Å²) in [5.74, 6) is 0.0172. The fourth-order valence-corrected chi connectivity index (χ4v) is 1.99. The van der Waals surface area contributed by atoms with Gasteiger partial charge in [-0.25, -0.2) is 0 Å². The van der Waals surface area contributed by atoms with Crippen LogP contribution in [0.25, 0.3) is 0 Å². The Bertz CT molecular complexity index is 426. The second-order valence-corrected chi connectivity index (χ2v) is 6.09. The predicted octanol–water partition coefficient (Wildman–Crippen LogP) is 2.24. The van der Waals surface area contributed by atoms with Crippen LogP contribution in [0.1, 0.15) is 26.3 Å². The Labute approximate surface area is 122 Å². The number of hydrogen-bond acceptors (Lipinski definition) is 3. The van der Waals surface area contributed by atoms with Gasteiger partial charge >= 0.3 is 0 Å². The highest BCUT2D eigenvalue weighted by molar-refractivity contribution is 5.92. The van der Waals surface area contributed by atoms with E-state index in [1.165, 1.54) is 5.56 Å². The smallest absolute Gasteiger partial charge is 0.238 e. The molecule has 4 heteroatoms. The Kier molecular flexibility index (Phi) is 6.17. The molecule has 0 aliphatic heterocycles. The zero-order chi connectivity index (χ0) is 15.2. The number of carbonyl (C=O) groups is 1. The van der Waals surface area contributed by atoms with Crippen molar-refractivity contribution in [3.8, 4) is 0 Å². The molecule has 0 heterocycles. The van der Waals surface area contributed by atoms with Crippen molar-refractivity contribution < 1.29 is 4.79 Å². The topological polar surface area (TPSA) is 58.4 Å². The molecule has 0 atom stereocenters. The molecule has 0 bridgehead atoms. The highest BCUT2D eigenvalue weighted by Gasteiger charge is 2.20. The van der Waals surface area contributed by atoms with Gasteiger partial charge in [0.25, 0.3) is 0 Å². The van der Waals surface area contributed by atoms with Crippen molar-refractivity contribution >= 4 is 11.6 Å². The Balaban J connectivity index is 2.53. The molecule has 0 aromatic heterocycles. The van der Waals surface area contributed by atoms with Crippen LogP contribution in [0, 0.1) is 12.3 Å². The maximum atomic E-state index is 12.1. The predicted molar refractivity (Wildman–Crippen MR) is 84.8 cm³/mol. The highest BCUT2D eigenvalue weighted by atomic mass is 16.2. The Morgan fingerprint density at radius 3 is 2.40 bits per heavy atom. The third kappa shape index (κ3) is 5.72. The van der Waals surface area contributed by atoms with Gasteiger partial charge in [-0.3, -0.25) is 9.69 Å². The zero-order valence-corrected chi connectivity index (χ0v) is 13.1. The number of nitrogens with one attached hydrogen (secondary N) is 1. The van der Waals surface area contributed by atoms with E-state index >= 15 is 0 Å². The summed E-state index contributed by atoms with van der Waals surface area (Å²) in [6.45, 7) is 11.0. The van der Waals surface area contributed by atoms with E-state index in [9.17, 15) is 4.79 Å². The van der Waals surface area contributed by atoms with Gasteiger partial charge in [0.05, 0.1) is 6.54 Å². The average Bonchev–Trinajstić information content (AvgIpc) is 2.40. The lowest BCUT2D eigenvalue weighted by Crippen LogP contribution is -2.42. The van der Waals surface area contributed by atoms with Crippen LogP contribution in [0.2, 0.25) is 0 Å². The minimum Gasteiger partial charge on any atom is -0.330 e. The number of hydrogen-bond donors (Lipinski definition) is 2. The molecule has 1 amide bonds. The molecular weight excluding hydrogens is 250 g/mol. The number of amides is 1. The van der Waals surface area contributed by atoms with Crippen LogP contribution in [-0.4, -0.2) is 37.0 Å². The number of rotatable bonds is 7. The maximum absolute atomic E-state index is 12.1. The van der Waals surface area contributed by atoms with E-state index in [0.717, 1.165) is 18.8 Å². The van der Waals surface area contributed by atoms with Gasteiger partial charge in [-0.05, 0) is 37.6 Å². The van der Waals surface area contributed by atoms with Crippen LogP contribution in [0.4, 0.5) is 5.69 Å². The van der Waals surface area contributed by atoms with Gasteiger partial charge in [0.1, 0.15) is 0 Å². The first-order chi connectivity index (χ1) is 9.36. The third-order valence-electron chi connectivity index (χ3n) is 3.35. The van der Waals surface area contributed by atoms with Crippen LogP contribution in [0.15, 0.2) is 24.3 Å². The molecule has 20 heavy (non-hydrogen) atoms. The quantitative estimate of drug-likeness (QED) is 0.803. The van der Waals surface area contributed by atoms with Crippen molar-refractivity contribution in [1.29, 1.82) is 0 Å². The van der Waals surface area contributed by atoms with Crippen LogP contribution < -0.4 is 11.1 Å². The van der Waals surface area contributed by atoms with E-state index in [2.05, 4.69) is 31.0 Å². The molecule has 0 unspecified atom stereocenters. The number of benzene rings is 1. The van der Waals surface area contributed by atoms with Gasteiger partial charge < -0.3 is 11.1 Å². The van der Waals surface area contributed by atoms with Gasteiger partial charge in [0, 0.05) is 12.2 Å². The van der Waals surface area contributed by atoms with Gasteiger partial charge in [-0.2, -0.15) is 0 Å². The van der Waals surface area contributed by atoms with E-state index in [0.29, 0.717) is 13.1 Å². The monoisotopic (exact) mass is 277 g/mol. The van der Waals surface area contributed by atoms with Crippen molar-refractivity contribution in [3.05, 3.63) is 29.8 Å². The molecular formula is C16H27N3O. The minimum atomic E-state index is 0.0172. The van der Waals surface area contributed by atoms with Crippen molar-refractivity contribution in [2.45, 2.75) is 27.7 Å². The third-order valence-corrected chi connectivity index (χ3v) is 3.35. The summed E-state index contributed by atoms with van der Waals surface area (Å²) in [5, 5.41) is 2.93. The standard InChI is InChI=1S/C16H27N3O/c1-5-19(12-16(3,4)11-17)10-15(20)18-14-8-6-13(2)7-9-14/h6-9H,5,10-12,17H2,1-4H3,(H,18,20). The highest BCUT2D eigenvalue weighted by Crippen LogP contribution is 2.15. The lowest BCUT2D eigenvalue weighted by molar-refractivity contribution is -0.117. The number of aryl methyl sites for hydroxylation is 1. The van der Waals surface area contributed by atoms with E-state index in [4.69, 9.17) is 5.73 Å². The fraction of sp³-hybridized carbons (Fsp3) is 0.562. The molecule has 4 nitrogen and oxygen atoms in total. The summed E-state index contributed by atoms with van der Waals surface area (Å²) < 4.78 is 0. The van der Waals surface area contributed by atoms with E-state index in [-0.39, 0.29) is 11.3 Å². The van der Waals surface area contributed by atoms with E-state index in [1.807, 2.05) is 31.2 Å². The molecule has 0 radical (unpaired) electrons. The second-order valence-electron chi connectivity index (χ2n) is 6.09. The van der Waals surface area contributed by atoms with Gasteiger partial charge in [0.15, 0.2) is 0 Å². The number of anilines is 1. The molecule has 0 spiro atoms. The van der Waals surface area contributed by atoms with Crippen LogP contribution in [0.5, 0.6) is 0 Å². The summed E-state index contributed by atoms with van der Waals surface area (Å²) in [6.07, 6.45) is 0. The van der Waals surface area contributed by atoms with Gasteiger partial charge in [-0.15, -0.1) is 0 Å². The van der Waals surface area contributed by atoms with Crippen molar-refractivity contribution in [2.75, 3.05) is 31.5 Å². The molecule has 0 saturated heterocycles. The molecule has 0 fully saturated rings. The van der Waals surface area contributed by atoms with Crippen LogP contribution in [-0.2, 0) is 4.79 Å². The number of nitrogens with zero attached hydrogens (tertiary/aromatic N) is 1. The molecule has 1 rings (SSSR count). The van der Waals surface area contributed by atoms with Gasteiger partial charge in [-0.1, -0.05) is 38.5 Å². The summed E-state index contributed by atoms with van der Waals surface area (Å²) in [4.78, 5) is 14.2. The normalized spacial score (nSPS) is 11.7. The molecule has 0 aliphatic carbocycles. The summed E-state index contributed by atoms with van der Waals surface area (Å²) in [6, 6.07) is 7.83. The lowest BCUT2D eigenvalue weighted by Gasteiger charge is -2.30. The maximum Gasteiger partial charge on any atom is 0.238 e. The molecule has 1 aromatic carbocycles. The number of nitrogens with two attached hydrogens (primary N) is 1. The van der Waals surface area contributed by atoms with Crippen molar-refractivity contribution in [1.82, 2.24) is 4.90 Å². The molecule has 112 valence electrons. The van der Waals surface area contributed by atoms with Crippen molar-refractivity contribution in [3.63, 3.8) is 0 Å². The lowest BCUT2D eigenvalue weighted by atomic mass is 9.93. The van der Waals surface area contributed by atoms with Crippen LogP contribution >= 0.6 is 0 Å². The molecule has 3 N–H and O–H groups in total. The fourth-order valence-electron chi connectivity index (χ4n) is 1.99. The first kappa shape index (κ1) is 16.7. The SMILES string of the molecule is CCN(CC(=O)Nc1ccc(C)cc1)CC(C)(C)CN. The Morgan fingerprint density at radius 2 is 1.90 bits per heavy atom. The minimum absolute atomic E-state index is 0.0172. The largest absolute Gasteiger partial charge is 0.330 e. The molecule has 1 aromatic rings. The molecule has 0 saturated carbocycles. The second kappa shape index (κ2) is 7.41. The van der Waals surface area contributed by atoms with Crippen LogP contribution in [0.3, 0.4) is 0 Å². The van der Waals surface area contributed by atoms with E-state index in [1.54, 1.807) is 0 Å². The number of carbonyl (C=O) groups excluding carboxylic acids is 1. The average molecular weight is 277 g/mol. The van der Waals surface area contributed by atoms with Crippen molar-refractivity contribution in [2.24, 2.45) is 11.1 Å². The summed E-state index contributed by atoms with van der Waals surface area (Å²) >= 11 is 0. The Morgan fingerprint density at radius 1 is 1.30 bits per heavy atom. The first-order valence-corrected chi connectivity index (χ1v) is 7.15. The zero-order valence-electron chi connectivity index (χ0n) is 13.1. The molecule has 0 aliphatic rings. The van der Waals surface area contributed by atoms with Gasteiger partial charge in [0.2, 0.25) is 5.91 Å².